The van der Waals surface area contributed by atoms with Gasteiger partial charge in [-0.25, -0.2) is 4.79 Å². The van der Waals surface area contributed by atoms with Crippen molar-refractivity contribution >= 4 is 6.47 Å². The average molecular weight is 270 g/mol. The highest BCUT2D eigenvalue weighted by Crippen LogP contribution is 2.29. The van der Waals surface area contributed by atoms with Gasteiger partial charge in [0.05, 0.1) is 6.61 Å². The van der Waals surface area contributed by atoms with Crippen molar-refractivity contribution in [3.8, 4) is 0 Å². The molecule has 2 N–H and O–H groups in total. The van der Waals surface area contributed by atoms with E-state index in [4.69, 9.17) is 14.6 Å². The molecule has 1 saturated heterocycles. The Hall–Kier alpha value is -1.93. The van der Waals surface area contributed by atoms with Crippen LogP contribution in [-0.2, 0) is 14.3 Å². The summed E-state index contributed by atoms with van der Waals surface area (Å²) in [6.45, 7) is 1.51. The van der Waals surface area contributed by atoms with Crippen molar-refractivity contribution in [2.24, 2.45) is 0 Å². The lowest BCUT2D eigenvalue weighted by atomic mass is 10.2. The van der Waals surface area contributed by atoms with Gasteiger partial charge in [0.15, 0.2) is 0 Å². The Morgan fingerprint density at radius 3 is 3.00 bits per heavy atom. The summed E-state index contributed by atoms with van der Waals surface area (Å²) < 4.78 is 11.5. The summed E-state index contributed by atoms with van der Waals surface area (Å²) in [4.78, 5) is 35.5. The Morgan fingerprint density at radius 1 is 1.63 bits per heavy atom. The van der Waals surface area contributed by atoms with Gasteiger partial charge in [0.1, 0.15) is 18.4 Å². The predicted molar refractivity (Wildman–Crippen MR) is 62.6 cm³/mol. The molecule has 1 unspecified atom stereocenters. The van der Waals surface area contributed by atoms with Crippen LogP contribution in [0.5, 0.6) is 0 Å². The zero-order valence-electron chi connectivity index (χ0n) is 10.2. The summed E-state index contributed by atoms with van der Waals surface area (Å²) in [5.74, 6) is 0. The number of aromatic amines is 1. The number of carbonyl (C=O) groups is 1. The van der Waals surface area contributed by atoms with Crippen LogP contribution in [0.4, 0.5) is 0 Å². The van der Waals surface area contributed by atoms with E-state index in [2.05, 4.69) is 4.98 Å². The lowest BCUT2D eigenvalue weighted by Crippen LogP contribution is -2.33. The van der Waals surface area contributed by atoms with Gasteiger partial charge in [0.25, 0.3) is 12.0 Å². The Balaban J connectivity index is 2.29. The summed E-state index contributed by atoms with van der Waals surface area (Å²) in [6.07, 6.45) is -0.384. The first-order valence-electron chi connectivity index (χ1n) is 5.74. The van der Waals surface area contributed by atoms with Crippen LogP contribution in [-0.4, -0.2) is 39.9 Å². The Morgan fingerprint density at radius 2 is 2.37 bits per heavy atom. The van der Waals surface area contributed by atoms with Gasteiger partial charge in [-0.05, 0) is 6.92 Å². The summed E-state index contributed by atoms with van der Waals surface area (Å²) >= 11 is 0. The van der Waals surface area contributed by atoms with E-state index >= 15 is 0 Å². The number of H-pyrrole nitrogens is 1. The quantitative estimate of drug-likeness (QED) is 0.656. The Kier molecular flexibility index (Phi) is 3.82. The number of carbonyl (C=O) groups excluding carboxylic acids is 1. The SMILES string of the molecule is Cc1cn([C@H]2CC(OC=O)[C@@H](CO)O2)c(=O)[nH]c1=O. The maximum Gasteiger partial charge on any atom is 0.330 e. The normalized spacial score (nSPS) is 26.3. The molecule has 3 atom stereocenters. The van der Waals surface area contributed by atoms with Crippen LogP contribution < -0.4 is 11.2 Å². The van der Waals surface area contributed by atoms with Gasteiger partial charge in [-0.2, -0.15) is 0 Å². The third-order valence-corrected chi connectivity index (χ3v) is 3.05. The first-order chi connectivity index (χ1) is 9.06. The molecular formula is C11H14N2O6. The fourth-order valence-electron chi connectivity index (χ4n) is 2.05. The third kappa shape index (κ3) is 2.59. The van der Waals surface area contributed by atoms with Gasteiger partial charge >= 0.3 is 5.69 Å². The van der Waals surface area contributed by atoms with Gasteiger partial charge in [0.2, 0.25) is 0 Å². The number of hydrogen-bond donors (Lipinski definition) is 2. The van der Waals surface area contributed by atoms with E-state index in [-0.39, 0.29) is 19.5 Å². The van der Waals surface area contributed by atoms with Gasteiger partial charge in [-0.1, -0.05) is 0 Å². The van der Waals surface area contributed by atoms with E-state index in [0.717, 1.165) is 0 Å². The number of rotatable bonds is 4. The molecule has 1 aliphatic rings. The minimum absolute atomic E-state index is 0.232. The second-order valence-corrected chi connectivity index (χ2v) is 4.30. The molecule has 0 saturated carbocycles. The molecular weight excluding hydrogens is 256 g/mol. The van der Waals surface area contributed by atoms with Crippen molar-refractivity contribution in [3.63, 3.8) is 0 Å². The summed E-state index contributed by atoms with van der Waals surface area (Å²) in [5.41, 5.74) is -0.703. The number of hydrogen-bond acceptors (Lipinski definition) is 6. The van der Waals surface area contributed by atoms with Crippen LogP contribution in [0.25, 0.3) is 0 Å². The maximum atomic E-state index is 11.7. The monoisotopic (exact) mass is 270 g/mol. The first-order valence-corrected chi connectivity index (χ1v) is 5.74. The number of aliphatic hydroxyl groups is 1. The van der Waals surface area contributed by atoms with Crippen LogP contribution in [0.3, 0.4) is 0 Å². The molecule has 8 heteroatoms. The van der Waals surface area contributed by atoms with Crippen LogP contribution in [0.1, 0.15) is 18.2 Å². The zero-order chi connectivity index (χ0) is 14.0. The lowest BCUT2D eigenvalue weighted by molar-refractivity contribution is -0.137. The van der Waals surface area contributed by atoms with Crippen molar-refractivity contribution in [1.82, 2.24) is 9.55 Å². The molecule has 2 heterocycles. The van der Waals surface area contributed by atoms with Gasteiger partial charge in [-0.15, -0.1) is 0 Å². The van der Waals surface area contributed by atoms with Crippen LogP contribution >= 0.6 is 0 Å². The van der Waals surface area contributed by atoms with Crippen LogP contribution in [0.2, 0.25) is 0 Å². The molecule has 1 aromatic heterocycles. The molecule has 19 heavy (non-hydrogen) atoms. The van der Waals surface area contributed by atoms with E-state index in [1.54, 1.807) is 6.92 Å². The number of nitrogens with one attached hydrogen (secondary N) is 1. The van der Waals surface area contributed by atoms with Crippen LogP contribution in [0.15, 0.2) is 15.8 Å². The first kappa shape index (κ1) is 13.5. The molecule has 0 spiro atoms. The molecule has 1 aromatic rings. The van der Waals surface area contributed by atoms with Crippen molar-refractivity contribution in [1.29, 1.82) is 0 Å². The molecule has 1 aliphatic heterocycles. The van der Waals surface area contributed by atoms with E-state index in [9.17, 15) is 14.4 Å². The third-order valence-electron chi connectivity index (χ3n) is 3.05. The zero-order valence-corrected chi connectivity index (χ0v) is 10.2. The standard InChI is InChI=1S/C11H14N2O6/c1-6-3-13(11(17)12-10(6)16)9-2-7(18-5-15)8(4-14)19-9/h3,5,7-9,14H,2,4H2,1H3,(H,12,16,17)/t7?,8-,9-/m1/s1. The number of nitrogens with zero attached hydrogens (tertiary/aromatic N) is 1. The van der Waals surface area contributed by atoms with Gasteiger partial charge in [0, 0.05) is 18.2 Å². The smallest absolute Gasteiger partial charge is 0.330 e. The van der Waals surface area contributed by atoms with Crippen molar-refractivity contribution < 1.29 is 19.4 Å². The van der Waals surface area contributed by atoms with E-state index in [1.807, 2.05) is 0 Å². The molecule has 0 aromatic carbocycles. The topological polar surface area (TPSA) is 111 Å². The fraction of sp³-hybridized carbons (Fsp3) is 0.545. The van der Waals surface area contributed by atoms with E-state index in [1.165, 1.54) is 10.8 Å². The largest absolute Gasteiger partial charge is 0.462 e. The minimum Gasteiger partial charge on any atom is -0.462 e. The molecule has 0 bridgehead atoms. The fourth-order valence-corrected chi connectivity index (χ4v) is 2.05. The Labute approximate surface area is 107 Å². The van der Waals surface area contributed by atoms with E-state index < -0.39 is 29.7 Å². The van der Waals surface area contributed by atoms with Crippen LogP contribution in [0, 0.1) is 6.92 Å². The highest BCUT2D eigenvalue weighted by atomic mass is 16.6. The molecule has 1 fully saturated rings. The molecule has 2 rings (SSSR count). The van der Waals surface area contributed by atoms with Crippen molar-refractivity contribution in [2.45, 2.75) is 31.8 Å². The number of aliphatic hydroxyl groups excluding tert-OH is 1. The highest BCUT2D eigenvalue weighted by molar-refractivity contribution is 5.37. The summed E-state index contributed by atoms with van der Waals surface area (Å²) in [6, 6.07) is 0. The molecule has 0 aliphatic carbocycles. The highest BCUT2D eigenvalue weighted by Gasteiger charge is 2.37. The van der Waals surface area contributed by atoms with Crippen molar-refractivity contribution in [2.75, 3.05) is 6.61 Å². The predicted octanol–water partition coefficient (Wildman–Crippen LogP) is -1.33. The Bertz CT molecular complexity index is 577. The van der Waals surface area contributed by atoms with Gasteiger partial charge < -0.3 is 14.6 Å². The van der Waals surface area contributed by atoms with Gasteiger partial charge in [-0.3, -0.25) is 19.1 Å². The average Bonchev–Trinajstić information content (AvgIpc) is 2.77. The molecule has 0 radical (unpaired) electrons. The molecule has 0 amide bonds. The lowest BCUT2D eigenvalue weighted by Gasteiger charge is -2.14. The number of aromatic nitrogens is 2. The number of ether oxygens (including phenoxy) is 2. The second-order valence-electron chi connectivity index (χ2n) is 4.30. The van der Waals surface area contributed by atoms with Crippen molar-refractivity contribution in [3.05, 3.63) is 32.6 Å². The second kappa shape index (κ2) is 5.37. The number of aryl methyl sites for hydroxylation is 1. The summed E-state index contributed by atoms with van der Waals surface area (Å²) in [5, 5.41) is 9.13. The summed E-state index contributed by atoms with van der Waals surface area (Å²) in [7, 11) is 0. The molecule has 104 valence electrons. The molecule has 8 nitrogen and oxygen atoms in total. The maximum absolute atomic E-state index is 11.7. The minimum atomic E-state index is -0.690. The van der Waals surface area contributed by atoms with E-state index in [0.29, 0.717) is 5.56 Å².